The summed E-state index contributed by atoms with van der Waals surface area (Å²) >= 11 is 0. The zero-order chi connectivity index (χ0) is 18.5. The van der Waals surface area contributed by atoms with Gasteiger partial charge in [-0.1, -0.05) is 42.5 Å². The SMILES string of the molecule is Cc1ccccc1/C=C/C(=O)NCc1c(C)nn(-c2ccccc2)c1C. The molecule has 1 aromatic heterocycles. The molecule has 0 aliphatic heterocycles. The molecule has 2 aromatic carbocycles. The van der Waals surface area contributed by atoms with E-state index in [0.717, 1.165) is 33.8 Å². The van der Waals surface area contributed by atoms with Gasteiger partial charge in [0, 0.05) is 23.9 Å². The Kier molecular flexibility index (Phi) is 5.32. The molecule has 0 aliphatic rings. The van der Waals surface area contributed by atoms with E-state index in [9.17, 15) is 4.79 Å². The van der Waals surface area contributed by atoms with Crippen LogP contribution in [0.15, 0.2) is 60.7 Å². The van der Waals surface area contributed by atoms with Gasteiger partial charge in [0.15, 0.2) is 0 Å². The van der Waals surface area contributed by atoms with Crippen molar-refractivity contribution in [1.82, 2.24) is 15.1 Å². The molecule has 1 N–H and O–H groups in total. The topological polar surface area (TPSA) is 46.9 Å². The largest absolute Gasteiger partial charge is 0.348 e. The molecule has 132 valence electrons. The minimum atomic E-state index is -0.112. The summed E-state index contributed by atoms with van der Waals surface area (Å²) < 4.78 is 1.92. The highest BCUT2D eigenvalue weighted by atomic mass is 16.1. The second kappa shape index (κ2) is 7.83. The first kappa shape index (κ1) is 17.7. The lowest BCUT2D eigenvalue weighted by Gasteiger charge is -2.06. The van der Waals surface area contributed by atoms with E-state index in [4.69, 9.17) is 0 Å². The lowest BCUT2D eigenvalue weighted by molar-refractivity contribution is -0.116. The van der Waals surface area contributed by atoms with Crippen LogP contribution in [0.5, 0.6) is 0 Å². The quantitative estimate of drug-likeness (QED) is 0.707. The van der Waals surface area contributed by atoms with Crippen molar-refractivity contribution in [2.24, 2.45) is 0 Å². The van der Waals surface area contributed by atoms with Gasteiger partial charge in [0.1, 0.15) is 0 Å². The van der Waals surface area contributed by atoms with Gasteiger partial charge < -0.3 is 5.32 Å². The van der Waals surface area contributed by atoms with E-state index in [1.54, 1.807) is 6.08 Å². The number of benzene rings is 2. The third-order valence-corrected chi connectivity index (χ3v) is 4.48. The average molecular weight is 345 g/mol. The maximum atomic E-state index is 12.2. The summed E-state index contributed by atoms with van der Waals surface area (Å²) in [7, 11) is 0. The highest BCUT2D eigenvalue weighted by molar-refractivity contribution is 5.91. The Bertz CT molecular complexity index is 939. The van der Waals surface area contributed by atoms with Gasteiger partial charge in [-0.25, -0.2) is 4.68 Å². The van der Waals surface area contributed by atoms with Crippen molar-refractivity contribution in [3.05, 3.63) is 88.8 Å². The molecule has 0 saturated heterocycles. The number of nitrogens with one attached hydrogen (secondary N) is 1. The Morgan fingerprint density at radius 3 is 2.46 bits per heavy atom. The van der Waals surface area contributed by atoms with Gasteiger partial charge in [0.25, 0.3) is 0 Å². The molecule has 0 radical (unpaired) electrons. The fourth-order valence-electron chi connectivity index (χ4n) is 2.93. The molecule has 0 unspecified atom stereocenters. The predicted octanol–water partition coefficient (Wildman–Crippen LogP) is 4.13. The summed E-state index contributed by atoms with van der Waals surface area (Å²) in [5, 5.41) is 7.57. The van der Waals surface area contributed by atoms with E-state index in [0.29, 0.717) is 6.54 Å². The monoisotopic (exact) mass is 345 g/mol. The van der Waals surface area contributed by atoms with Gasteiger partial charge in [-0.05, 0) is 50.1 Å². The minimum absolute atomic E-state index is 0.112. The Labute approximate surface area is 154 Å². The highest BCUT2D eigenvalue weighted by Gasteiger charge is 2.13. The summed E-state index contributed by atoms with van der Waals surface area (Å²) in [5.74, 6) is -0.112. The summed E-state index contributed by atoms with van der Waals surface area (Å²) in [6.45, 7) is 6.48. The number of aromatic nitrogens is 2. The number of hydrogen-bond donors (Lipinski definition) is 1. The molecule has 4 nitrogen and oxygen atoms in total. The second-order valence-electron chi connectivity index (χ2n) is 6.30. The highest BCUT2D eigenvalue weighted by Crippen LogP contribution is 2.17. The average Bonchev–Trinajstić information content (AvgIpc) is 2.94. The van der Waals surface area contributed by atoms with E-state index >= 15 is 0 Å². The van der Waals surface area contributed by atoms with Crippen molar-refractivity contribution in [2.45, 2.75) is 27.3 Å². The molecule has 4 heteroatoms. The van der Waals surface area contributed by atoms with E-state index in [1.807, 2.05) is 86.1 Å². The number of amides is 1. The van der Waals surface area contributed by atoms with Crippen LogP contribution in [0.3, 0.4) is 0 Å². The zero-order valence-corrected chi connectivity index (χ0v) is 15.4. The second-order valence-corrected chi connectivity index (χ2v) is 6.30. The summed E-state index contributed by atoms with van der Waals surface area (Å²) in [5.41, 5.74) is 6.22. The van der Waals surface area contributed by atoms with E-state index in [2.05, 4.69) is 10.4 Å². The van der Waals surface area contributed by atoms with Crippen LogP contribution in [-0.4, -0.2) is 15.7 Å². The van der Waals surface area contributed by atoms with Gasteiger partial charge in [-0.3, -0.25) is 4.79 Å². The van der Waals surface area contributed by atoms with Crippen molar-refractivity contribution < 1.29 is 4.79 Å². The lowest BCUT2D eigenvalue weighted by atomic mass is 10.1. The molecular weight excluding hydrogens is 322 g/mol. The molecule has 0 atom stereocenters. The number of carbonyl (C=O) groups is 1. The van der Waals surface area contributed by atoms with E-state index < -0.39 is 0 Å². The molecule has 1 heterocycles. The Hall–Kier alpha value is -3.14. The van der Waals surface area contributed by atoms with Gasteiger partial charge in [-0.15, -0.1) is 0 Å². The molecule has 0 aliphatic carbocycles. The van der Waals surface area contributed by atoms with Crippen LogP contribution in [-0.2, 0) is 11.3 Å². The van der Waals surface area contributed by atoms with Crippen LogP contribution in [0.4, 0.5) is 0 Å². The Balaban J connectivity index is 1.69. The summed E-state index contributed by atoms with van der Waals surface area (Å²) in [6.07, 6.45) is 3.42. The summed E-state index contributed by atoms with van der Waals surface area (Å²) in [4.78, 5) is 12.2. The van der Waals surface area contributed by atoms with Gasteiger partial charge in [0.2, 0.25) is 5.91 Å². The number of carbonyl (C=O) groups excluding carboxylic acids is 1. The zero-order valence-electron chi connectivity index (χ0n) is 15.4. The van der Waals surface area contributed by atoms with Gasteiger partial charge in [-0.2, -0.15) is 5.10 Å². The smallest absolute Gasteiger partial charge is 0.244 e. The predicted molar refractivity (Wildman–Crippen MR) is 105 cm³/mol. The standard InChI is InChI=1S/C22H23N3O/c1-16-9-7-8-10-19(16)13-14-22(26)23-15-21-17(2)24-25(18(21)3)20-11-5-4-6-12-20/h4-14H,15H2,1-3H3,(H,23,26)/b14-13+. The normalized spacial score (nSPS) is 11.0. The molecular formula is C22H23N3O. The van der Waals surface area contributed by atoms with Crippen molar-refractivity contribution in [2.75, 3.05) is 0 Å². The number of hydrogen-bond acceptors (Lipinski definition) is 2. The van der Waals surface area contributed by atoms with Crippen LogP contribution >= 0.6 is 0 Å². The summed E-state index contributed by atoms with van der Waals surface area (Å²) in [6, 6.07) is 18.0. The Morgan fingerprint density at radius 1 is 1.04 bits per heavy atom. The van der Waals surface area contributed by atoms with Crippen molar-refractivity contribution in [1.29, 1.82) is 0 Å². The van der Waals surface area contributed by atoms with Crippen LogP contribution in [0.25, 0.3) is 11.8 Å². The van der Waals surface area contributed by atoms with Crippen LogP contribution < -0.4 is 5.32 Å². The van der Waals surface area contributed by atoms with Crippen molar-refractivity contribution >= 4 is 12.0 Å². The lowest BCUT2D eigenvalue weighted by Crippen LogP contribution is -2.21. The maximum absolute atomic E-state index is 12.2. The fraction of sp³-hybridized carbons (Fsp3) is 0.182. The maximum Gasteiger partial charge on any atom is 0.244 e. The van der Waals surface area contributed by atoms with Crippen LogP contribution in [0.2, 0.25) is 0 Å². The minimum Gasteiger partial charge on any atom is -0.348 e. The van der Waals surface area contributed by atoms with Gasteiger partial charge in [0.05, 0.1) is 11.4 Å². The van der Waals surface area contributed by atoms with Crippen molar-refractivity contribution in [3.8, 4) is 5.69 Å². The number of para-hydroxylation sites is 1. The first-order valence-corrected chi connectivity index (χ1v) is 8.68. The molecule has 1 amide bonds. The first-order chi connectivity index (χ1) is 12.6. The van der Waals surface area contributed by atoms with Crippen molar-refractivity contribution in [3.63, 3.8) is 0 Å². The molecule has 0 spiro atoms. The van der Waals surface area contributed by atoms with Gasteiger partial charge >= 0.3 is 0 Å². The van der Waals surface area contributed by atoms with Crippen LogP contribution in [0.1, 0.15) is 28.1 Å². The van der Waals surface area contributed by atoms with E-state index in [-0.39, 0.29) is 5.91 Å². The Morgan fingerprint density at radius 2 is 1.73 bits per heavy atom. The van der Waals surface area contributed by atoms with Crippen LogP contribution in [0, 0.1) is 20.8 Å². The fourth-order valence-corrected chi connectivity index (χ4v) is 2.93. The molecule has 0 bridgehead atoms. The third kappa shape index (κ3) is 3.91. The number of nitrogens with zero attached hydrogens (tertiary/aromatic N) is 2. The third-order valence-electron chi connectivity index (χ3n) is 4.48. The number of rotatable bonds is 5. The molecule has 3 aromatic rings. The first-order valence-electron chi connectivity index (χ1n) is 8.68. The van der Waals surface area contributed by atoms with E-state index in [1.165, 1.54) is 0 Å². The molecule has 3 rings (SSSR count). The molecule has 26 heavy (non-hydrogen) atoms. The molecule has 0 fully saturated rings. The number of aryl methyl sites for hydroxylation is 2. The molecule has 0 saturated carbocycles.